The Morgan fingerprint density at radius 1 is 1.38 bits per heavy atom. The van der Waals surface area contributed by atoms with Crippen molar-refractivity contribution >= 4 is 15.9 Å². The average Bonchev–Trinajstić information content (AvgIpc) is 2.48. The zero-order chi connectivity index (χ0) is 14.5. The van der Waals surface area contributed by atoms with Gasteiger partial charge >= 0.3 is 0 Å². The van der Waals surface area contributed by atoms with Crippen molar-refractivity contribution in [1.29, 1.82) is 0 Å². The van der Waals surface area contributed by atoms with Crippen LogP contribution < -0.4 is 10.3 Å². The van der Waals surface area contributed by atoms with E-state index in [9.17, 15) is 4.79 Å². The van der Waals surface area contributed by atoms with Crippen molar-refractivity contribution in [2.24, 2.45) is 0 Å². The van der Waals surface area contributed by atoms with Crippen LogP contribution in [0.15, 0.2) is 52.3 Å². The number of rotatable bonds is 5. The van der Waals surface area contributed by atoms with E-state index in [2.05, 4.69) is 28.6 Å². The molecule has 0 saturated carbocycles. The minimum absolute atomic E-state index is 0. The molecule has 107 valence electrons. The first-order valence-electron chi connectivity index (χ1n) is 6.32. The molecule has 0 saturated heterocycles. The standard InChI is InChI=1S/C16H15BrNO2.Y/c1-3-11-20-13-7-5-12(6-8-13)15-10-9-14(17)16(19)18(15)4-2;/h3,5-9H,1,4,11H2,2H3;/q-1;. The Hall–Kier alpha value is -0.706. The summed E-state index contributed by atoms with van der Waals surface area (Å²) in [7, 11) is 0. The summed E-state index contributed by atoms with van der Waals surface area (Å²) in [4.78, 5) is 12.1. The minimum Gasteiger partial charge on any atom is -0.490 e. The fourth-order valence-electron chi connectivity index (χ4n) is 1.91. The van der Waals surface area contributed by atoms with Crippen molar-refractivity contribution in [3.05, 3.63) is 63.9 Å². The molecule has 5 heteroatoms. The number of aromatic nitrogens is 1. The Kier molecular flexibility index (Phi) is 7.57. The molecule has 1 aromatic heterocycles. The van der Waals surface area contributed by atoms with Crippen molar-refractivity contribution in [3.8, 4) is 17.0 Å². The van der Waals surface area contributed by atoms with E-state index in [0.29, 0.717) is 17.6 Å². The van der Waals surface area contributed by atoms with Crippen molar-refractivity contribution in [1.82, 2.24) is 4.57 Å². The molecule has 2 rings (SSSR count). The van der Waals surface area contributed by atoms with Crippen molar-refractivity contribution in [2.75, 3.05) is 6.61 Å². The van der Waals surface area contributed by atoms with Gasteiger partial charge in [-0.3, -0.25) is 4.79 Å². The summed E-state index contributed by atoms with van der Waals surface area (Å²) in [6.45, 7) is 6.62. The number of hydrogen-bond donors (Lipinski definition) is 0. The van der Waals surface area contributed by atoms with Gasteiger partial charge in [-0.15, -0.1) is 28.1 Å². The Labute approximate surface area is 158 Å². The van der Waals surface area contributed by atoms with Crippen LogP contribution >= 0.6 is 15.9 Å². The average molecular weight is 422 g/mol. The summed E-state index contributed by atoms with van der Waals surface area (Å²) < 4.78 is 7.65. The fraction of sp³-hybridized carbons (Fsp3) is 0.188. The zero-order valence-corrected chi connectivity index (χ0v) is 16.2. The first-order chi connectivity index (χ1) is 9.67. The van der Waals surface area contributed by atoms with E-state index >= 15 is 0 Å². The van der Waals surface area contributed by atoms with Crippen molar-refractivity contribution in [3.63, 3.8) is 0 Å². The predicted octanol–water partition coefficient (Wildman–Crippen LogP) is 3.66. The first kappa shape index (κ1) is 18.3. The number of hydrogen-bond acceptors (Lipinski definition) is 2. The second-order valence-corrected chi connectivity index (χ2v) is 5.01. The van der Waals surface area contributed by atoms with Gasteiger partial charge in [-0.1, -0.05) is 23.9 Å². The van der Waals surface area contributed by atoms with Gasteiger partial charge in [-0.2, -0.15) is 12.1 Å². The summed E-state index contributed by atoms with van der Waals surface area (Å²) in [6, 6.07) is 12.4. The van der Waals surface area contributed by atoms with Gasteiger partial charge in [0.25, 0.3) is 0 Å². The molecule has 3 nitrogen and oxygen atoms in total. The molecule has 0 N–H and O–H groups in total. The fourth-order valence-corrected chi connectivity index (χ4v) is 2.24. The molecule has 21 heavy (non-hydrogen) atoms. The minimum atomic E-state index is -0.0479. The third-order valence-electron chi connectivity index (χ3n) is 2.87. The van der Waals surface area contributed by atoms with Gasteiger partial charge in [0.15, 0.2) is 0 Å². The Bertz CT molecular complexity index is 665. The molecule has 0 spiro atoms. The van der Waals surface area contributed by atoms with E-state index in [1.807, 2.05) is 31.2 Å². The zero-order valence-electron chi connectivity index (χ0n) is 11.8. The molecule has 0 unspecified atom stereocenters. The molecule has 1 aromatic carbocycles. The molecule has 0 aliphatic heterocycles. The quantitative estimate of drug-likeness (QED) is 0.544. The second-order valence-electron chi connectivity index (χ2n) is 4.16. The van der Waals surface area contributed by atoms with Gasteiger partial charge in [0, 0.05) is 39.3 Å². The van der Waals surface area contributed by atoms with E-state index in [0.717, 1.165) is 17.0 Å². The van der Waals surface area contributed by atoms with Gasteiger partial charge in [-0.25, -0.2) is 0 Å². The maximum Gasteiger partial charge on any atom is 0.208 e. The van der Waals surface area contributed by atoms with E-state index in [1.165, 1.54) is 0 Å². The number of halogens is 1. The maximum atomic E-state index is 12.1. The summed E-state index contributed by atoms with van der Waals surface area (Å²) in [5.74, 6) is 0.774. The van der Waals surface area contributed by atoms with Gasteiger partial charge < -0.3 is 9.30 Å². The molecule has 1 heterocycles. The molecule has 1 radical (unpaired) electrons. The van der Waals surface area contributed by atoms with Crippen LogP contribution in [0.2, 0.25) is 0 Å². The van der Waals surface area contributed by atoms with E-state index < -0.39 is 0 Å². The van der Waals surface area contributed by atoms with Crippen LogP contribution in [-0.2, 0) is 39.3 Å². The largest absolute Gasteiger partial charge is 0.490 e. The van der Waals surface area contributed by atoms with Gasteiger partial charge in [0.05, 0.1) is 0 Å². The summed E-state index contributed by atoms with van der Waals surface area (Å²) >= 11 is 3.24. The van der Waals surface area contributed by atoms with Crippen LogP contribution in [0.3, 0.4) is 0 Å². The predicted molar refractivity (Wildman–Crippen MR) is 84.0 cm³/mol. The normalized spacial score (nSPS) is 9.81. The second kappa shape index (κ2) is 8.67. The molecule has 0 bridgehead atoms. The molecule has 0 fully saturated rings. The third kappa shape index (κ3) is 4.38. The molecule has 0 atom stereocenters. The maximum absolute atomic E-state index is 12.1. The summed E-state index contributed by atoms with van der Waals surface area (Å²) in [5.41, 5.74) is 1.66. The molecule has 2 aromatic rings. The number of pyridine rings is 1. The Morgan fingerprint density at radius 2 is 2.05 bits per heavy atom. The summed E-state index contributed by atoms with van der Waals surface area (Å²) in [5, 5.41) is 0. The van der Waals surface area contributed by atoms with Crippen molar-refractivity contribution in [2.45, 2.75) is 13.5 Å². The van der Waals surface area contributed by atoms with E-state index in [4.69, 9.17) is 4.74 Å². The monoisotopic (exact) mass is 421 g/mol. The van der Waals surface area contributed by atoms with Crippen LogP contribution in [0.25, 0.3) is 11.3 Å². The van der Waals surface area contributed by atoms with Gasteiger partial charge in [-0.05, 0) is 23.5 Å². The first-order valence-corrected chi connectivity index (χ1v) is 7.11. The molecular weight excluding hydrogens is 407 g/mol. The van der Waals surface area contributed by atoms with Gasteiger partial charge in [0.1, 0.15) is 12.4 Å². The van der Waals surface area contributed by atoms with Gasteiger partial charge in [0.2, 0.25) is 5.56 Å². The van der Waals surface area contributed by atoms with Crippen LogP contribution in [0.1, 0.15) is 6.92 Å². The van der Waals surface area contributed by atoms with Crippen LogP contribution in [0, 0.1) is 6.07 Å². The SMILES string of the molecule is C=CCOc1ccc(-c2[c-]cc(Br)c(=O)n2CC)cc1.[Y]. The van der Waals surface area contributed by atoms with Crippen LogP contribution in [-0.4, -0.2) is 11.2 Å². The number of nitrogens with zero attached hydrogens (tertiary/aromatic N) is 1. The molecule has 0 aliphatic carbocycles. The topological polar surface area (TPSA) is 31.2 Å². The van der Waals surface area contributed by atoms with Crippen LogP contribution in [0.5, 0.6) is 5.75 Å². The number of ether oxygens (including phenoxy) is 1. The molecule has 0 amide bonds. The Morgan fingerprint density at radius 3 is 2.62 bits per heavy atom. The molecular formula is C16H15BrNO2Y-. The molecule has 0 aliphatic rings. The van der Waals surface area contributed by atoms with E-state index in [1.54, 1.807) is 16.7 Å². The van der Waals surface area contributed by atoms with E-state index in [-0.39, 0.29) is 38.3 Å². The number of benzene rings is 1. The Balaban J connectivity index is 0.00000220. The third-order valence-corrected chi connectivity index (χ3v) is 3.43. The smallest absolute Gasteiger partial charge is 0.208 e. The van der Waals surface area contributed by atoms with Crippen molar-refractivity contribution < 1.29 is 37.4 Å². The van der Waals surface area contributed by atoms with Crippen LogP contribution in [0.4, 0.5) is 0 Å². The summed E-state index contributed by atoms with van der Waals surface area (Å²) in [6.07, 6.45) is 1.70.